The standard InChI is InChI=1S/C18H24N4O3S/c1-4-14-11-22(9-10-25-14)16(23)12-26-18-20-19-17(21(18)2)13-5-7-15(24-3)8-6-13/h5-8,14H,4,9-12H2,1-3H3/t14-/m0/s1. The number of hydrogen-bond acceptors (Lipinski definition) is 6. The summed E-state index contributed by atoms with van der Waals surface area (Å²) in [6.07, 6.45) is 1.07. The normalized spacial score (nSPS) is 17.3. The van der Waals surface area contributed by atoms with Gasteiger partial charge in [-0.05, 0) is 30.7 Å². The van der Waals surface area contributed by atoms with Crippen LogP contribution in [0.5, 0.6) is 5.75 Å². The fourth-order valence-electron chi connectivity index (χ4n) is 2.84. The van der Waals surface area contributed by atoms with Crippen molar-refractivity contribution < 1.29 is 14.3 Å². The molecule has 1 aliphatic rings. The highest BCUT2D eigenvalue weighted by Crippen LogP contribution is 2.24. The lowest BCUT2D eigenvalue weighted by Gasteiger charge is -2.32. The minimum absolute atomic E-state index is 0.116. The lowest BCUT2D eigenvalue weighted by atomic mass is 10.2. The Hall–Kier alpha value is -2.06. The van der Waals surface area contributed by atoms with Crippen LogP contribution in [0.2, 0.25) is 0 Å². The molecule has 1 saturated heterocycles. The van der Waals surface area contributed by atoms with E-state index in [1.54, 1.807) is 7.11 Å². The Labute approximate surface area is 157 Å². The first-order valence-corrected chi connectivity index (χ1v) is 9.67. The summed E-state index contributed by atoms with van der Waals surface area (Å²) >= 11 is 1.41. The number of hydrogen-bond donors (Lipinski definition) is 0. The molecule has 0 bridgehead atoms. The maximum Gasteiger partial charge on any atom is 0.233 e. The third-order valence-electron chi connectivity index (χ3n) is 4.45. The summed E-state index contributed by atoms with van der Waals surface area (Å²) in [4.78, 5) is 14.4. The van der Waals surface area contributed by atoms with E-state index in [-0.39, 0.29) is 12.0 Å². The smallest absolute Gasteiger partial charge is 0.233 e. The number of amides is 1. The summed E-state index contributed by atoms with van der Waals surface area (Å²) in [5.74, 6) is 2.03. The minimum Gasteiger partial charge on any atom is -0.497 e. The summed E-state index contributed by atoms with van der Waals surface area (Å²) in [5, 5.41) is 9.22. The SMILES string of the molecule is CC[C@H]1CN(C(=O)CSc2nnc(-c3ccc(OC)cc3)n2C)CCO1. The number of ether oxygens (including phenoxy) is 2. The number of carbonyl (C=O) groups excluding carboxylic acids is 1. The summed E-state index contributed by atoms with van der Waals surface area (Å²) in [6, 6.07) is 7.67. The van der Waals surface area contributed by atoms with Crippen molar-refractivity contribution in [3.63, 3.8) is 0 Å². The zero-order valence-corrected chi connectivity index (χ0v) is 16.2. The molecule has 2 aromatic rings. The van der Waals surface area contributed by atoms with Crippen molar-refractivity contribution in [2.45, 2.75) is 24.6 Å². The monoisotopic (exact) mass is 376 g/mol. The predicted molar refractivity (Wildman–Crippen MR) is 100 cm³/mol. The maximum absolute atomic E-state index is 12.5. The largest absolute Gasteiger partial charge is 0.497 e. The summed E-state index contributed by atoms with van der Waals surface area (Å²) < 4.78 is 12.7. The zero-order chi connectivity index (χ0) is 18.5. The van der Waals surface area contributed by atoms with Gasteiger partial charge in [0.25, 0.3) is 0 Å². The lowest BCUT2D eigenvalue weighted by Crippen LogP contribution is -2.46. The van der Waals surface area contributed by atoms with Crippen molar-refractivity contribution in [3.05, 3.63) is 24.3 Å². The molecule has 1 aromatic heterocycles. The summed E-state index contributed by atoms with van der Waals surface area (Å²) in [6.45, 7) is 4.02. The number of benzene rings is 1. The fraction of sp³-hybridized carbons (Fsp3) is 0.500. The molecular weight excluding hydrogens is 352 g/mol. The first kappa shape index (κ1) is 18.7. The van der Waals surface area contributed by atoms with E-state index in [2.05, 4.69) is 17.1 Å². The Morgan fingerprint density at radius 2 is 2.12 bits per heavy atom. The number of thioether (sulfide) groups is 1. The van der Waals surface area contributed by atoms with Gasteiger partial charge < -0.3 is 18.9 Å². The molecule has 0 N–H and O–H groups in total. The van der Waals surface area contributed by atoms with E-state index in [0.29, 0.717) is 25.4 Å². The van der Waals surface area contributed by atoms with E-state index in [0.717, 1.165) is 28.7 Å². The molecule has 1 atom stereocenters. The quantitative estimate of drug-likeness (QED) is 0.720. The van der Waals surface area contributed by atoms with Crippen molar-refractivity contribution >= 4 is 17.7 Å². The number of nitrogens with zero attached hydrogens (tertiary/aromatic N) is 4. The highest BCUT2D eigenvalue weighted by atomic mass is 32.2. The Balaban J connectivity index is 1.62. The Kier molecular flexibility index (Phi) is 6.16. The number of carbonyl (C=O) groups is 1. The number of aromatic nitrogens is 3. The van der Waals surface area contributed by atoms with Crippen LogP contribution >= 0.6 is 11.8 Å². The third kappa shape index (κ3) is 4.19. The van der Waals surface area contributed by atoms with Crippen molar-refractivity contribution in [1.29, 1.82) is 0 Å². The van der Waals surface area contributed by atoms with Crippen molar-refractivity contribution in [3.8, 4) is 17.1 Å². The van der Waals surface area contributed by atoms with Gasteiger partial charge in [0.1, 0.15) is 5.75 Å². The van der Waals surface area contributed by atoms with Gasteiger partial charge in [-0.15, -0.1) is 10.2 Å². The van der Waals surface area contributed by atoms with E-state index in [4.69, 9.17) is 9.47 Å². The number of morpholine rings is 1. The second kappa shape index (κ2) is 8.55. The van der Waals surface area contributed by atoms with Gasteiger partial charge in [-0.25, -0.2) is 0 Å². The maximum atomic E-state index is 12.5. The van der Waals surface area contributed by atoms with Crippen LogP contribution in [0.1, 0.15) is 13.3 Å². The Bertz CT molecular complexity index is 747. The van der Waals surface area contributed by atoms with E-state index >= 15 is 0 Å². The molecule has 2 heterocycles. The van der Waals surface area contributed by atoms with Crippen molar-refractivity contribution in [2.75, 3.05) is 32.6 Å². The van der Waals surface area contributed by atoms with Crippen LogP contribution in [0, 0.1) is 0 Å². The molecule has 0 radical (unpaired) electrons. The van der Waals surface area contributed by atoms with Gasteiger partial charge in [-0.1, -0.05) is 18.7 Å². The van der Waals surface area contributed by atoms with Gasteiger partial charge in [0.15, 0.2) is 11.0 Å². The van der Waals surface area contributed by atoms with Gasteiger partial charge in [-0.2, -0.15) is 0 Å². The molecule has 1 aliphatic heterocycles. The second-order valence-corrected chi connectivity index (χ2v) is 7.07. The van der Waals surface area contributed by atoms with Crippen LogP contribution in [-0.4, -0.2) is 64.2 Å². The third-order valence-corrected chi connectivity index (χ3v) is 5.46. The van der Waals surface area contributed by atoms with Crippen LogP contribution in [0.4, 0.5) is 0 Å². The van der Waals surface area contributed by atoms with Crippen LogP contribution in [0.25, 0.3) is 11.4 Å². The average molecular weight is 376 g/mol. The number of methoxy groups -OCH3 is 1. The molecule has 3 rings (SSSR count). The molecule has 8 heteroatoms. The van der Waals surface area contributed by atoms with Gasteiger partial charge in [0.2, 0.25) is 5.91 Å². The Morgan fingerprint density at radius 1 is 1.35 bits per heavy atom. The number of rotatable bonds is 6. The first-order valence-electron chi connectivity index (χ1n) is 8.68. The van der Waals surface area contributed by atoms with Crippen LogP contribution < -0.4 is 4.74 Å². The molecule has 1 amide bonds. The first-order chi connectivity index (χ1) is 12.6. The summed E-state index contributed by atoms with van der Waals surface area (Å²) in [7, 11) is 3.55. The van der Waals surface area contributed by atoms with Crippen LogP contribution in [-0.2, 0) is 16.6 Å². The van der Waals surface area contributed by atoms with Gasteiger partial charge in [0, 0.05) is 25.7 Å². The van der Waals surface area contributed by atoms with Crippen LogP contribution in [0.3, 0.4) is 0 Å². The molecule has 140 valence electrons. The van der Waals surface area contributed by atoms with E-state index < -0.39 is 0 Å². The van der Waals surface area contributed by atoms with E-state index in [1.807, 2.05) is 40.8 Å². The highest BCUT2D eigenvalue weighted by Gasteiger charge is 2.23. The average Bonchev–Trinajstić information content (AvgIpc) is 3.06. The minimum atomic E-state index is 0.116. The molecule has 26 heavy (non-hydrogen) atoms. The van der Waals surface area contributed by atoms with Crippen molar-refractivity contribution in [1.82, 2.24) is 19.7 Å². The fourth-order valence-corrected chi connectivity index (χ4v) is 3.66. The van der Waals surface area contributed by atoms with E-state index in [1.165, 1.54) is 11.8 Å². The molecule has 0 aliphatic carbocycles. The molecule has 0 spiro atoms. The van der Waals surface area contributed by atoms with Gasteiger partial charge in [-0.3, -0.25) is 4.79 Å². The van der Waals surface area contributed by atoms with Crippen molar-refractivity contribution in [2.24, 2.45) is 7.05 Å². The van der Waals surface area contributed by atoms with Gasteiger partial charge >= 0.3 is 0 Å². The zero-order valence-electron chi connectivity index (χ0n) is 15.3. The molecule has 7 nitrogen and oxygen atoms in total. The molecule has 1 aromatic carbocycles. The topological polar surface area (TPSA) is 69.5 Å². The second-order valence-electron chi connectivity index (χ2n) is 6.12. The molecular formula is C18H24N4O3S. The summed E-state index contributed by atoms with van der Waals surface area (Å²) in [5.41, 5.74) is 0.956. The molecule has 1 fully saturated rings. The Morgan fingerprint density at radius 3 is 2.81 bits per heavy atom. The highest BCUT2D eigenvalue weighted by molar-refractivity contribution is 7.99. The van der Waals surface area contributed by atoms with E-state index in [9.17, 15) is 4.79 Å². The molecule has 0 unspecified atom stereocenters. The van der Waals surface area contributed by atoms with Gasteiger partial charge in [0.05, 0.1) is 25.6 Å². The predicted octanol–water partition coefficient (Wildman–Crippen LogP) is 2.22. The lowest BCUT2D eigenvalue weighted by molar-refractivity contribution is -0.135. The van der Waals surface area contributed by atoms with Crippen LogP contribution in [0.15, 0.2) is 29.4 Å². The molecule has 0 saturated carbocycles.